The minimum Gasteiger partial charge on any atom is -0.497 e. The van der Waals surface area contributed by atoms with E-state index in [1.165, 1.54) is 12.2 Å². The molecule has 0 fully saturated rings. The molecule has 0 aliphatic heterocycles. The van der Waals surface area contributed by atoms with Crippen LogP contribution in [0.25, 0.3) is 11.8 Å². The summed E-state index contributed by atoms with van der Waals surface area (Å²) in [6, 6.07) is 16.2. The number of halogens is 1. The van der Waals surface area contributed by atoms with E-state index in [0.29, 0.717) is 27.8 Å². The molecular formula is C22H20ClN3O4. The zero-order chi connectivity index (χ0) is 21.5. The number of amides is 1. The SMILES string of the molecule is COc1ccc(NC(=O)COC(=O)/C=C/c2c(C)nn(-c3ccccc3)c2Cl)cc1. The van der Waals surface area contributed by atoms with Crippen molar-refractivity contribution in [2.24, 2.45) is 0 Å². The molecule has 0 aliphatic carbocycles. The summed E-state index contributed by atoms with van der Waals surface area (Å²) < 4.78 is 11.6. The Kier molecular flexibility index (Phi) is 6.87. The second-order valence-corrected chi connectivity index (χ2v) is 6.61. The van der Waals surface area contributed by atoms with Crippen LogP contribution in [0.1, 0.15) is 11.3 Å². The Balaban J connectivity index is 1.57. The van der Waals surface area contributed by atoms with E-state index in [9.17, 15) is 9.59 Å². The average Bonchev–Trinajstić information content (AvgIpc) is 3.05. The van der Waals surface area contributed by atoms with Gasteiger partial charge in [0.2, 0.25) is 0 Å². The largest absolute Gasteiger partial charge is 0.497 e. The van der Waals surface area contributed by atoms with Gasteiger partial charge in [-0.25, -0.2) is 9.48 Å². The number of anilines is 1. The van der Waals surface area contributed by atoms with Gasteiger partial charge in [0, 0.05) is 17.3 Å². The number of para-hydroxylation sites is 1. The number of hydrogen-bond acceptors (Lipinski definition) is 5. The molecule has 1 N–H and O–H groups in total. The van der Waals surface area contributed by atoms with Gasteiger partial charge < -0.3 is 14.8 Å². The number of carbonyl (C=O) groups excluding carboxylic acids is 2. The van der Waals surface area contributed by atoms with E-state index in [0.717, 1.165) is 5.69 Å². The third-order valence-corrected chi connectivity index (χ3v) is 4.52. The molecule has 0 spiro atoms. The summed E-state index contributed by atoms with van der Waals surface area (Å²) in [7, 11) is 1.56. The van der Waals surface area contributed by atoms with E-state index in [2.05, 4.69) is 10.4 Å². The number of hydrogen-bond donors (Lipinski definition) is 1. The van der Waals surface area contributed by atoms with Crippen LogP contribution < -0.4 is 10.1 Å². The van der Waals surface area contributed by atoms with Crippen molar-refractivity contribution in [2.75, 3.05) is 19.0 Å². The standard InChI is InChI=1S/C22H20ClN3O4/c1-15-19(22(23)26(25-15)17-6-4-3-5-7-17)12-13-21(28)30-14-20(27)24-16-8-10-18(29-2)11-9-16/h3-13H,14H2,1-2H3,(H,24,27)/b13-12+. The zero-order valence-electron chi connectivity index (χ0n) is 16.5. The van der Waals surface area contributed by atoms with Crippen molar-refractivity contribution < 1.29 is 19.1 Å². The van der Waals surface area contributed by atoms with Gasteiger partial charge in [-0.1, -0.05) is 29.8 Å². The fourth-order valence-corrected chi connectivity index (χ4v) is 2.98. The van der Waals surface area contributed by atoms with Gasteiger partial charge in [-0.05, 0) is 49.4 Å². The Morgan fingerprint density at radius 1 is 1.13 bits per heavy atom. The van der Waals surface area contributed by atoms with Crippen molar-refractivity contribution in [3.05, 3.63) is 77.1 Å². The summed E-state index contributed by atoms with van der Waals surface area (Å²) in [6.07, 6.45) is 2.74. The number of rotatable bonds is 7. The molecule has 2 aromatic carbocycles. The van der Waals surface area contributed by atoms with Gasteiger partial charge in [0.25, 0.3) is 5.91 Å². The van der Waals surface area contributed by atoms with Crippen LogP contribution in [-0.2, 0) is 14.3 Å². The molecular weight excluding hydrogens is 406 g/mol. The Bertz CT molecular complexity index is 1060. The molecule has 154 valence electrons. The van der Waals surface area contributed by atoms with Crippen LogP contribution in [0.5, 0.6) is 5.75 Å². The van der Waals surface area contributed by atoms with Crippen LogP contribution in [0.3, 0.4) is 0 Å². The molecule has 0 atom stereocenters. The predicted molar refractivity (Wildman–Crippen MR) is 115 cm³/mol. The van der Waals surface area contributed by atoms with Crippen molar-refractivity contribution in [1.29, 1.82) is 0 Å². The van der Waals surface area contributed by atoms with Gasteiger partial charge in [-0.15, -0.1) is 0 Å². The molecule has 30 heavy (non-hydrogen) atoms. The molecule has 0 saturated carbocycles. The number of aryl methyl sites for hydroxylation is 1. The maximum Gasteiger partial charge on any atom is 0.331 e. The van der Waals surface area contributed by atoms with Crippen LogP contribution in [0.2, 0.25) is 5.15 Å². The molecule has 1 heterocycles. The van der Waals surface area contributed by atoms with Gasteiger partial charge in [0.1, 0.15) is 10.9 Å². The number of carbonyl (C=O) groups is 2. The summed E-state index contributed by atoms with van der Waals surface area (Å²) in [4.78, 5) is 23.9. The lowest BCUT2D eigenvalue weighted by molar-refractivity contribution is -0.142. The molecule has 0 unspecified atom stereocenters. The first-order valence-electron chi connectivity index (χ1n) is 9.07. The highest BCUT2D eigenvalue weighted by Gasteiger charge is 2.13. The smallest absolute Gasteiger partial charge is 0.331 e. The summed E-state index contributed by atoms with van der Waals surface area (Å²) in [5.74, 6) is -0.440. The highest BCUT2D eigenvalue weighted by atomic mass is 35.5. The normalized spacial score (nSPS) is 10.8. The number of aromatic nitrogens is 2. The van der Waals surface area contributed by atoms with Crippen LogP contribution in [0.15, 0.2) is 60.7 Å². The Morgan fingerprint density at radius 2 is 1.83 bits per heavy atom. The monoisotopic (exact) mass is 425 g/mol. The minimum absolute atomic E-state index is 0.375. The summed E-state index contributed by atoms with van der Waals surface area (Å²) in [6.45, 7) is 1.38. The van der Waals surface area contributed by atoms with Gasteiger partial charge in [0.05, 0.1) is 18.5 Å². The Morgan fingerprint density at radius 3 is 2.50 bits per heavy atom. The highest BCUT2D eigenvalue weighted by Crippen LogP contribution is 2.24. The van der Waals surface area contributed by atoms with E-state index < -0.39 is 18.5 Å². The number of benzene rings is 2. The second kappa shape index (κ2) is 9.76. The number of esters is 1. The number of nitrogens with zero attached hydrogens (tertiary/aromatic N) is 2. The molecule has 0 saturated heterocycles. The van der Waals surface area contributed by atoms with Crippen LogP contribution in [-0.4, -0.2) is 35.4 Å². The molecule has 0 bridgehead atoms. The van der Waals surface area contributed by atoms with E-state index in [-0.39, 0.29) is 0 Å². The van der Waals surface area contributed by atoms with Gasteiger partial charge >= 0.3 is 5.97 Å². The summed E-state index contributed by atoms with van der Waals surface area (Å²) >= 11 is 6.41. The molecule has 0 radical (unpaired) electrons. The lowest BCUT2D eigenvalue weighted by Crippen LogP contribution is -2.20. The van der Waals surface area contributed by atoms with Crippen molar-refractivity contribution in [3.8, 4) is 11.4 Å². The molecule has 3 aromatic rings. The summed E-state index contributed by atoms with van der Waals surface area (Å²) in [5, 5.41) is 7.41. The first kappa shape index (κ1) is 21.1. The van der Waals surface area contributed by atoms with E-state index in [4.69, 9.17) is 21.1 Å². The zero-order valence-corrected chi connectivity index (χ0v) is 17.2. The average molecular weight is 426 g/mol. The van der Waals surface area contributed by atoms with Gasteiger partial charge in [0.15, 0.2) is 6.61 Å². The topological polar surface area (TPSA) is 82.4 Å². The lowest BCUT2D eigenvalue weighted by Gasteiger charge is -2.06. The van der Waals surface area contributed by atoms with Crippen LogP contribution in [0.4, 0.5) is 5.69 Å². The Hall–Kier alpha value is -3.58. The fourth-order valence-electron chi connectivity index (χ4n) is 2.65. The molecule has 1 aromatic heterocycles. The first-order chi connectivity index (χ1) is 14.5. The van der Waals surface area contributed by atoms with Crippen molar-refractivity contribution in [3.63, 3.8) is 0 Å². The third kappa shape index (κ3) is 5.27. The molecule has 1 amide bonds. The number of nitrogens with one attached hydrogen (secondary N) is 1. The molecule has 8 heteroatoms. The second-order valence-electron chi connectivity index (χ2n) is 6.25. The van der Waals surface area contributed by atoms with Crippen molar-refractivity contribution in [1.82, 2.24) is 9.78 Å². The molecule has 7 nitrogen and oxygen atoms in total. The lowest BCUT2D eigenvalue weighted by atomic mass is 10.2. The van der Waals surface area contributed by atoms with Gasteiger partial charge in [-0.2, -0.15) is 5.10 Å². The highest BCUT2D eigenvalue weighted by molar-refractivity contribution is 6.31. The molecule has 3 rings (SSSR count). The predicted octanol–water partition coefficient (Wildman–Crippen LogP) is 4.04. The van der Waals surface area contributed by atoms with E-state index in [1.807, 2.05) is 30.3 Å². The maximum atomic E-state index is 12.0. The third-order valence-electron chi connectivity index (χ3n) is 4.15. The van der Waals surface area contributed by atoms with Crippen molar-refractivity contribution in [2.45, 2.75) is 6.92 Å². The van der Waals surface area contributed by atoms with Crippen LogP contribution in [0, 0.1) is 6.92 Å². The van der Waals surface area contributed by atoms with Gasteiger partial charge in [-0.3, -0.25) is 4.79 Å². The first-order valence-corrected chi connectivity index (χ1v) is 9.45. The van der Waals surface area contributed by atoms with E-state index in [1.54, 1.807) is 43.0 Å². The summed E-state index contributed by atoms with van der Waals surface area (Å²) in [5.41, 5.74) is 2.64. The van der Waals surface area contributed by atoms with Crippen molar-refractivity contribution >= 4 is 35.2 Å². The minimum atomic E-state index is -0.664. The van der Waals surface area contributed by atoms with Crippen LogP contribution >= 0.6 is 11.6 Å². The maximum absolute atomic E-state index is 12.0. The quantitative estimate of drug-likeness (QED) is 0.456. The Labute approximate surface area is 178 Å². The number of methoxy groups -OCH3 is 1. The fraction of sp³-hybridized carbons (Fsp3) is 0.136. The molecule has 0 aliphatic rings. The number of ether oxygens (including phenoxy) is 2. The van der Waals surface area contributed by atoms with E-state index >= 15 is 0 Å².